The van der Waals surface area contributed by atoms with Gasteiger partial charge in [0.2, 0.25) is 4.96 Å². The minimum absolute atomic E-state index is 0.197. The van der Waals surface area contributed by atoms with Crippen LogP contribution in [0.4, 0.5) is 0 Å². The van der Waals surface area contributed by atoms with Gasteiger partial charge in [0.15, 0.2) is 0 Å². The number of fused-ring (bicyclic) bond motifs is 1. The van der Waals surface area contributed by atoms with Crippen LogP contribution >= 0.6 is 11.3 Å². The fourth-order valence-corrected chi connectivity index (χ4v) is 5.65. The molecule has 0 saturated carbocycles. The van der Waals surface area contributed by atoms with Gasteiger partial charge in [0.25, 0.3) is 11.1 Å². The number of methoxy groups -OCH3 is 1. The summed E-state index contributed by atoms with van der Waals surface area (Å²) in [4.78, 5) is 30.8. The van der Waals surface area contributed by atoms with Crippen molar-refractivity contribution in [2.75, 3.05) is 13.7 Å². The van der Waals surface area contributed by atoms with E-state index in [0.29, 0.717) is 16.9 Å². The van der Waals surface area contributed by atoms with E-state index in [9.17, 15) is 9.59 Å². The number of ether oxygens (including phenoxy) is 2. The zero-order valence-corrected chi connectivity index (χ0v) is 24.8. The maximum atomic E-state index is 13.5. The number of para-hydroxylation sites is 1. The van der Waals surface area contributed by atoms with E-state index in [1.807, 2.05) is 85.9 Å². The van der Waals surface area contributed by atoms with Gasteiger partial charge in [0.05, 0.1) is 23.9 Å². The maximum absolute atomic E-state index is 13.5. The highest BCUT2D eigenvalue weighted by Gasteiger charge is 2.16. The van der Waals surface area contributed by atoms with Crippen molar-refractivity contribution in [3.05, 3.63) is 127 Å². The molecule has 0 N–H and O–H groups in total. The number of aromatic nitrogens is 5. The SMILES string of the molecule is CCCOc1ccc(-c2nn(-c3ccccc3)cc2C=c2sc3nc(=O)c(Cc4ccc(OC)cc4)nn3c2=O)c(C)c1. The summed E-state index contributed by atoms with van der Waals surface area (Å²) in [6.07, 6.45) is 4.86. The topological polar surface area (TPSA) is 101 Å². The molecule has 0 radical (unpaired) electrons. The molecule has 0 amide bonds. The van der Waals surface area contributed by atoms with E-state index in [0.717, 1.165) is 57.1 Å². The van der Waals surface area contributed by atoms with Crippen LogP contribution in [-0.2, 0) is 6.42 Å². The first-order valence-corrected chi connectivity index (χ1v) is 14.7. The quantitative estimate of drug-likeness (QED) is 0.242. The number of thiazole rings is 1. The van der Waals surface area contributed by atoms with Crippen LogP contribution in [-0.4, -0.2) is 38.1 Å². The van der Waals surface area contributed by atoms with Crippen LogP contribution in [0.3, 0.4) is 0 Å². The predicted octanol–water partition coefficient (Wildman–Crippen LogP) is 4.61. The van der Waals surface area contributed by atoms with E-state index in [4.69, 9.17) is 14.6 Å². The Morgan fingerprint density at radius 2 is 1.72 bits per heavy atom. The Morgan fingerprint density at radius 3 is 2.44 bits per heavy atom. The van der Waals surface area contributed by atoms with Crippen LogP contribution in [0.15, 0.2) is 88.6 Å². The van der Waals surface area contributed by atoms with E-state index in [-0.39, 0.29) is 22.6 Å². The third-order valence-electron chi connectivity index (χ3n) is 6.96. The lowest BCUT2D eigenvalue weighted by molar-refractivity contribution is 0.317. The van der Waals surface area contributed by atoms with E-state index >= 15 is 0 Å². The predicted molar refractivity (Wildman–Crippen MR) is 168 cm³/mol. The Kier molecular flexibility index (Phi) is 7.84. The fraction of sp³-hybridized carbons (Fsp3) is 0.182. The molecule has 0 atom stereocenters. The van der Waals surface area contributed by atoms with Gasteiger partial charge in [-0.05, 0) is 73.0 Å². The molecule has 3 aromatic heterocycles. The fourth-order valence-electron chi connectivity index (χ4n) is 4.76. The van der Waals surface area contributed by atoms with Gasteiger partial charge in [-0.3, -0.25) is 9.59 Å². The Hall–Kier alpha value is -5.09. The number of hydrogen-bond donors (Lipinski definition) is 0. The van der Waals surface area contributed by atoms with Crippen LogP contribution in [0, 0.1) is 6.92 Å². The van der Waals surface area contributed by atoms with Crippen molar-refractivity contribution in [1.29, 1.82) is 0 Å². The summed E-state index contributed by atoms with van der Waals surface area (Å²) in [5.74, 6) is 1.52. The molecule has 0 aliphatic carbocycles. The maximum Gasteiger partial charge on any atom is 0.296 e. The molecule has 0 saturated heterocycles. The average molecular weight is 592 g/mol. The molecule has 9 nitrogen and oxygen atoms in total. The number of benzene rings is 3. The Balaban J connectivity index is 1.44. The molecule has 0 bridgehead atoms. The highest BCUT2D eigenvalue weighted by molar-refractivity contribution is 7.15. The first-order chi connectivity index (χ1) is 20.9. The van der Waals surface area contributed by atoms with Crippen molar-refractivity contribution < 1.29 is 9.47 Å². The minimum Gasteiger partial charge on any atom is -0.497 e. The lowest BCUT2D eigenvalue weighted by Crippen LogP contribution is -2.28. The summed E-state index contributed by atoms with van der Waals surface area (Å²) >= 11 is 1.13. The van der Waals surface area contributed by atoms with Crippen LogP contribution < -0.4 is 25.1 Å². The minimum atomic E-state index is -0.456. The van der Waals surface area contributed by atoms with E-state index in [1.54, 1.807) is 17.9 Å². The van der Waals surface area contributed by atoms with Crippen molar-refractivity contribution in [2.24, 2.45) is 0 Å². The monoisotopic (exact) mass is 591 g/mol. The largest absolute Gasteiger partial charge is 0.497 e. The van der Waals surface area contributed by atoms with Crippen molar-refractivity contribution in [3.8, 4) is 28.4 Å². The van der Waals surface area contributed by atoms with Gasteiger partial charge in [0, 0.05) is 23.7 Å². The molecule has 6 aromatic rings. The Labute approximate surface area is 251 Å². The van der Waals surface area contributed by atoms with Gasteiger partial charge < -0.3 is 9.47 Å². The number of aryl methyl sites for hydroxylation is 1. The smallest absolute Gasteiger partial charge is 0.296 e. The summed E-state index contributed by atoms with van der Waals surface area (Å²) < 4.78 is 14.4. The van der Waals surface area contributed by atoms with Crippen molar-refractivity contribution in [1.82, 2.24) is 24.4 Å². The molecule has 3 aromatic carbocycles. The summed E-state index contributed by atoms with van der Waals surface area (Å²) in [7, 11) is 1.59. The van der Waals surface area contributed by atoms with Gasteiger partial charge in [-0.15, -0.1) is 0 Å². The molecule has 43 heavy (non-hydrogen) atoms. The first-order valence-electron chi connectivity index (χ1n) is 13.9. The second-order valence-electron chi connectivity index (χ2n) is 10.0. The van der Waals surface area contributed by atoms with Gasteiger partial charge >= 0.3 is 0 Å². The molecule has 0 spiro atoms. The Bertz CT molecular complexity index is 2080. The van der Waals surface area contributed by atoms with E-state index in [1.165, 1.54) is 4.52 Å². The molecule has 0 aliphatic heterocycles. The molecular weight excluding hydrogens is 562 g/mol. The molecule has 3 heterocycles. The molecule has 0 unspecified atom stereocenters. The van der Waals surface area contributed by atoms with Crippen LogP contribution in [0.5, 0.6) is 11.5 Å². The zero-order chi connectivity index (χ0) is 29.9. The van der Waals surface area contributed by atoms with Crippen molar-refractivity contribution in [2.45, 2.75) is 26.7 Å². The number of nitrogens with zero attached hydrogens (tertiary/aromatic N) is 5. The molecule has 6 rings (SSSR count). The molecule has 10 heteroatoms. The molecule has 0 aliphatic rings. The zero-order valence-electron chi connectivity index (χ0n) is 24.0. The van der Waals surface area contributed by atoms with Gasteiger partial charge in [-0.25, -0.2) is 4.68 Å². The van der Waals surface area contributed by atoms with E-state index in [2.05, 4.69) is 17.0 Å². The standard InChI is InChI=1S/C33H29N5O4S/c1-4-16-42-26-14-15-27(21(2)17-26)30-23(20-37(36-30)24-8-6-5-7-9-24)19-29-32(40)38-33(43-29)34-31(39)28(35-38)18-22-10-12-25(41-3)13-11-22/h5-15,17,19-20H,4,16,18H2,1-3H3. The molecule has 0 fully saturated rings. The van der Waals surface area contributed by atoms with Gasteiger partial charge in [-0.2, -0.15) is 19.7 Å². The third kappa shape index (κ3) is 5.82. The van der Waals surface area contributed by atoms with Gasteiger partial charge in [0.1, 0.15) is 22.9 Å². The van der Waals surface area contributed by atoms with Crippen LogP contribution in [0.2, 0.25) is 0 Å². The summed E-state index contributed by atoms with van der Waals surface area (Å²) in [6.45, 7) is 4.73. The summed E-state index contributed by atoms with van der Waals surface area (Å²) in [5.41, 5.74) is 4.53. The Morgan fingerprint density at radius 1 is 0.953 bits per heavy atom. The number of rotatable bonds is 9. The average Bonchev–Trinajstić information content (AvgIpc) is 3.57. The lowest BCUT2D eigenvalue weighted by atomic mass is 10.0. The highest BCUT2D eigenvalue weighted by Crippen LogP contribution is 2.30. The molecule has 216 valence electrons. The molecular formula is C33H29N5O4S. The van der Waals surface area contributed by atoms with Gasteiger partial charge in [-0.1, -0.05) is 48.6 Å². The summed E-state index contributed by atoms with van der Waals surface area (Å²) in [6, 6.07) is 23.1. The normalized spacial score (nSPS) is 11.7. The van der Waals surface area contributed by atoms with Crippen LogP contribution in [0.25, 0.3) is 28.0 Å². The van der Waals surface area contributed by atoms with Crippen LogP contribution in [0.1, 0.15) is 35.7 Å². The van der Waals surface area contributed by atoms with Crippen molar-refractivity contribution >= 4 is 22.4 Å². The third-order valence-corrected chi connectivity index (χ3v) is 7.92. The lowest BCUT2D eigenvalue weighted by Gasteiger charge is -2.09. The first kappa shape index (κ1) is 28.0. The number of hydrogen-bond acceptors (Lipinski definition) is 8. The van der Waals surface area contributed by atoms with Crippen molar-refractivity contribution in [3.63, 3.8) is 0 Å². The van der Waals surface area contributed by atoms with E-state index < -0.39 is 5.56 Å². The second kappa shape index (κ2) is 12.0. The summed E-state index contributed by atoms with van der Waals surface area (Å²) in [5, 5.41) is 9.33. The highest BCUT2D eigenvalue weighted by atomic mass is 32.1. The second-order valence-corrected chi connectivity index (χ2v) is 11.0.